The smallest absolute Gasteiger partial charge is 0.309 e. The van der Waals surface area contributed by atoms with Crippen molar-refractivity contribution < 1.29 is 34.1 Å². The number of rotatable bonds is 12. The number of carboxylic acid groups (broad SMARTS) is 1. The monoisotopic (exact) mass is 761 g/mol. The van der Waals surface area contributed by atoms with Crippen LogP contribution in [0.1, 0.15) is 132 Å². The predicted octanol–water partition coefficient (Wildman–Crippen LogP) is 7.73. The molecule has 1 amide bonds. The summed E-state index contributed by atoms with van der Waals surface area (Å²) in [6.07, 6.45) is 6.47. The van der Waals surface area contributed by atoms with Crippen molar-refractivity contribution in [2.45, 2.75) is 145 Å². The largest absolute Gasteiger partial charge is 0.481 e. The van der Waals surface area contributed by atoms with Crippen molar-refractivity contribution in [2.75, 3.05) is 13.1 Å². The average molecular weight is 761 g/mol. The molecule has 0 radical (unpaired) electrons. The number of aliphatic hydroxyl groups is 1. The number of allylic oxidation sites excluding steroid dienone is 1. The third kappa shape index (κ3) is 6.81. The quantitative estimate of drug-likeness (QED) is 0.184. The van der Waals surface area contributed by atoms with Crippen molar-refractivity contribution in [2.24, 2.45) is 61.9 Å². The van der Waals surface area contributed by atoms with Crippen molar-refractivity contribution >= 4 is 23.6 Å². The van der Waals surface area contributed by atoms with E-state index >= 15 is 0 Å². The molecule has 4 fully saturated rings. The number of nitrogens with two attached hydrogens (primary N) is 1. The molecule has 0 saturated heterocycles. The zero-order chi connectivity index (χ0) is 40.5. The van der Waals surface area contributed by atoms with Gasteiger partial charge in [-0.2, -0.15) is 0 Å². The number of aliphatic carboxylic acids is 1. The molecule has 1 aromatic rings. The number of esters is 1. The summed E-state index contributed by atoms with van der Waals surface area (Å²) in [5.74, 6) is -0.720. The molecule has 5 aliphatic rings. The second-order valence-electron chi connectivity index (χ2n) is 20.7. The van der Waals surface area contributed by atoms with E-state index in [4.69, 9.17) is 10.5 Å². The topological polar surface area (TPSA) is 147 Å². The number of amides is 1. The van der Waals surface area contributed by atoms with E-state index < -0.39 is 34.8 Å². The van der Waals surface area contributed by atoms with E-state index in [-0.39, 0.29) is 64.9 Å². The number of primary amides is 1. The molecule has 304 valence electrons. The van der Waals surface area contributed by atoms with Gasteiger partial charge < -0.3 is 20.7 Å². The van der Waals surface area contributed by atoms with Gasteiger partial charge in [-0.1, -0.05) is 84.4 Å². The lowest BCUT2D eigenvalue weighted by Gasteiger charge is -2.72. The fraction of sp³-hybridized carbons (Fsp3) is 0.739. The lowest BCUT2D eigenvalue weighted by Crippen LogP contribution is -2.66. The SMILES string of the molecule is CC(C)C1=C2[C@H]3CC[C@@H]4[C@@]5(C)CC[C@H](OC(=O)CC(C)(C)C(=O)O)C(C)(C)[C@@H]5CC[C@@]4(C)[C@]3(C)CCC2(C(O)CN(CC(N)=O)Cc2ccccc2)CC1=O. The van der Waals surface area contributed by atoms with Gasteiger partial charge >= 0.3 is 11.9 Å². The van der Waals surface area contributed by atoms with Gasteiger partial charge in [-0.05, 0) is 116 Å². The molecule has 0 spiro atoms. The summed E-state index contributed by atoms with van der Waals surface area (Å²) >= 11 is 0. The Bertz CT molecular complexity index is 1720. The van der Waals surface area contributed by atoms with Gasteiger partial charge in [0.15, 0.2) is 5.78 Å². The molecule has 4 saturated carbocycles. The summed E-state index contributed by atoms with van der Waals surface area (Å²) < 4.78 is 6.17. The number of hydrogen-bond donors (Lipinski definition) is 3. The minimum atomic E-state index is -1.18. The van der Waals surface area contributed by atoms with Crippen LogP contribution in [0.5, 0.6) is 0 Å². The van der Waals surface area contributed by atoms with Crippen LogP contribution in [0, 0.1) is 56.2 Å². The number of benzene rings is 1. The summed E-state index contributed by atoms with van der Waals surface area (Å²) in [5.41, 5.74) is 6.72. The van der Waals surface area contributed by atoms with E-state index in [0.29, 0.717) is 24.8 Å². The molecule has 0 aromatic heterocycles. The van der Waals surface area contributed by atoms with Crippen molar-refractivity contribution in [1.82, 2.24) is 4.90 Å². The number of carbonyl (C=O) groups is 4. The Labute approximate surface area is 329 Å². The number of carboxylic acids is 1. The summed E-state index contributed by atoms with van der Waals surface area (Å²) in [6, 6.07) is 9.94. The summed E-state index contributed by atoms with van der Waals surface area (Å²) in [7, 11) is 0. The Balaban J connectivity index is 1.29. The fourth-order valence-corrected chi connectivity index (χ4v) is 13.6. The Kier molecular flexibility index (Phi) is 10.9. The number of ether oxygens (including phenoxy) is 1. The van der Waals surface area contributed by atoms with Crippen molar-refractivity contribution in [3.63, 3.8) is 0 Å². The summed E-state index contributed by atoms with van der Waals surface area (Å²) in [5, 5.41) is 22.1. The minimum Gasteiger partial charge on any atom is -0.481 e. The Morgan fingerprint density at radius 1 is 0.927 bits per heavy atom. The molecular weight excluding hydrogens is 693 g/mol. The maximum absolute atomic E-state index is 14.2. The highest BCUT2D eigenvalue weighted by Crippen LogP contribution is 2.77. The van der Waals surface area contributed by atoms with Crippen molar-refractivity contribution in [3.8, 4) is 0 Å². The zero-order valence-electron chi connectivity index (χ0n) is 35.0. The Morgan fingerprint density at radius 3 is 2.22 bits per heavy atom. The van der Waals surface area contributed by atoms with Crippen molar-refractivity contribution in [1.29, 1.82) is 0 Å². The van der Waals surface area contributed by atoms with Crippen LogP contribution in [0.15, 0.2) is 41.5 Å². The van der Waals surface area contributed by atoms with Crippen LogP contribution in [0.25, 0.3) is 0 Å². The molecule has 6 rings (SSSR count). The molecule has 0 bridgehead atoms. The van der Waals surface area contributed by atoms with Crippen LogP contribution in [-0.2, 0) is 30.5 Å². The van der Waals surface area contributed by atoms with Gasteiger partial charge in [-0.25, -0.2) is 0 Å². The summed E-state index contributed by atoms with van der Waals surface area (Å²) in [6.45, 7) is 20.2. The second-order valence-corrected chi connectivity index (χ2v) is 20.7. The van der Waals surface area contributed by atoms with E-state index in [1.807, 2.05) is 35.2 Å². The highest BCUT2D eigenvalue weighted by molar-refractivity contribution is 6.00. The number of hydrogen-bond acceptors (Lipinski definition) is 7. The highest BCUT2D eigenvalue weighted by Gasteiger charge is 2.71. The van der Waals surface area contributed by atoms with E-state index in [9.17, 15) is 29.4 Å². The first-order valence-corrected chi connectivity index (χ1v) is 21.0. The lowest BCUT2D eigenvalue weighted by atomic mass is 9.33. The molecule has 55 heavy (non-hydrogen) atoms. The van der Waals surface area contributed by atoms with Gasteiger partial charge in [0.2, 0.25) is 5.91 Å². The molecular formula is C46H68N2O7. The number of Topliss-reactive ketones (excluding diaryl/α,β-unsaturated/α-hetero) is 1. The average Bonchev–Trinajstić information content (AvgIpc) is 3.39. The minimum absolute atomic E-state index is 0.00454. The van der Waals surface area contributed by atoms with E-state index in [2.05, 4.69) is 48.5 Å². The normalized spacial score (nSPS) is 36.1. The predicted molar refractivity (Wildman–Crippen MR) is 212 cm³/mol. The first-order valence-electron chi connectivity index (χ1n) is 21.0. The second kappa shape index (κ2) is 14.4. The molecule has 9 heteroatoms. The molecule has 0 heterocycles. The van der Waals surface area contributed by atoms with Gasteiger partial charge in [0.1, 0.15) is 6.10 Å². The molecule has 9 atom stereocenters. The van der Waals surface area contributed by atoms with Crippen LogP contribution in [0.3, 0.4) is 0 Å². The number of ketones is 1. The molecule has 2 unspecified atom stereocenters. The van der Waals surface area contributed by atoms with Crippen molar-refractivity contribution in [3.05, 3.63) is 47.0 Å². The first kappa shape index (κ1) is 41.6. The maximum Gasteiger partial charge on any atom is 0.309 e. The third-order valence-corrected chi connectivity index (χ3v) is 16.6. The van der Waals surface area contributed by atoms with E-state index in [1.165, 1.54) is 5.57 Å². The van der Waals surface area contributed by atoms with E-state index in [0.717, 1.165) is 62.5 Å². The molecule has 4 N–H and O–H groups in total. The number of aliphatic hydroxyl groups excluding tert-OH is 1. The first-order chi connectivity index (χ1) is 25.5. The van der Waals surface area contributed by atoms with Gasteiger partial charge in [-0.3, -0.25) is 24.1 Å². The van der Waals surface area contributed by atoms with Gasteiger partial charge in [0, 0.05) is 30.3 Å². The molecule has 5 aliphatic carbocycles. The number of carbonyl (C=O) groups excluding carboxylic acids is 3. The van der Waals surface area contributed by atoms with E-state index in [1.54, 1.807) is 13.8 Å². The summed E-state index contributed by atoms with van der Waals surface area (Å²) in [4.78, 5) is 53.3. The molecule has 9 nitrogen and oxygen atoms in total. The Hall–Kier alpha value is -3.04. The van der Waals surface area contributed by atoms with Crippen LogP contribution in [-0.4, -0.2) is 64.0 Å². The van der Waals surface area contributed by atoms with Gasteiger partial charge in [-0.15, -0.1) is 0 Å². The van der Waals surface area contributed by atoms with Gasteiger partial charge in [0.25, 0.3) is 0 Å². The standard InChI is InChI=1S/C46H68N2O7/c1-28(2)38-31(49)23-46(34(50)26-48(27-36(47)51)25-29-13-11-10-12-14-29)22-21-44(8)30(39(38)46)15-16-33-43(7)19-18-35(55-37(52)24-41(3,4)40(53)54)42(5,6)32(43)17-20-45(33,44)9/h10-14,28,30,32-35,50H,15-27H2,1-9H3,(H2,47,51)(H,53,54)/t30-,32+,33-,34?,35+,43+,44-,45-,46?/m1/s1. The third-order valence-electron chi connectivity index (χ3n) is 16.6. The van der Waals surface area contributed by atoms with Crippen LogP contribution in [0.4, 0.5) is 0 Å². The van der Waals surface area contributed by atoms with Crippen LogP contribution < -0.4 is 5.73 Å². The fourth-order valence-electron chi connectivity index (χ4n) is 13.6. The number of fused-ring (bicyclic) bond motifs is 7. The maximum atomic E-state index is 14.2. The Morgan fingerprint density at radius 2 is 1.60 bits per heavy atom. The lowest BCUT2D eigenvalue weighted by molar-refractivity contribution is -0.235. The van der Waals surface area contributed by atoms with Crippen LogP contribution in [0.2, 0.25) is 0 Å². The molecule has 0 aliphatic heterocycles. The zero-order valence-corrected chi connectivity index (χ0v) is 35.0. The van der Waals surface area contributed by atoms with Crippen LogP contribution >= 0.6 is 0 Å². The highest BCUT2D eigenvalue weighted by atomic mass is 16.5. The van der Waals surface area contributed by atoms with Gasteiger partial charge in [0.05, 0.1) is 24.5 Å². The molecule has 1 aromatic carbocycles. The number of nitrogens with zero attached hydrogens (tertiary/aromatic N) is 1.